The summed E-state index contributed by atoms with van der Waals surface area (Å²) in [4.78, 5) is 2.28. The average Bonchev–Trinajstić information content (AvgIpc) is 2.56. The molecule has 2 rings (SSSR count). The van der Waals surface area contributed by atoms with Gasteiger partial charge in [0.2, 0.25) is 0 Å². The normalized spacial score (nSPS) is 12.5. The lowest BCUT2D eigenvalue weighted by Gasteiger charge is -2.26. The number of rotatable bonds is 9. The van der Waals surface area contributed by atoms with Crippen LogP contribution >= 0.6 is 0 Å². The van der Waals surface area contributed by atoms with E-state index in [9.17, 15) is 5.11 Å². The first-order valence-corrected chi connectivity index (χ1v) is 8.58. The number of aliphatic hydroxyl groups is 1. The van der Waals surface area contributed by atoms with E-state index < -0.39 is 0 Å². The van der Waals surface area contributed by atoms with Crippen molar-refractivity contribution in [1.29, 1.82) is 0 Å². The highest BCUT2D eigenvalue weighted by Crippen LogP contribution is 2.14. The van der Waals surface area contributed by atoms with Gasteiger partial charge in [-0.3, -0.25) is 4.90 Å². The number of aliphatic hydroxyl groups excluding tert-OH is 1. The Bertz CT molecular complexity index is 612. The van der Waals surface area contributed by atoms with Gasteiger partial charge in [0.05, 0.1) is 12.7 Å². The zero-order chi connectivity index (χ0) is 17.4. The Labute approximate surface area is 145 Å². The Kier molecular flexibility index (Phi) is 7.44. The Balaban J connectivity index is 2.00. The summed E-state index contributed by atoms with van der Waals surface area (Å²) in [6.07, 6.45) is 0.297. The summed E-state index contributed by atoms with van der Waals surface area (Å²) in [5, 5.41) is 10.5. The highest BCUT2D eigenvalue weighted by Gasteiger charge is 2.14. The first-order chi connectivity index (χ1) is 11.6. The summed E-state index contributed by atoms with van der Waals surface area (Å²) in [7, 11) is 1.72. The van der Waals surface area contributed by atoms with Crippen LogP contribution in [0.3, 0.4) is 0 Å². The molecule has 0 aromatic heterocycles. The number of aryl methyl sites for hydroxylation is 2. The van der Waals surface area contributed by atoms with Gasteiger partial charge < -0.3 is 9.84 Å². The number of hydrogen-bond donors (Lipinski definition) is 1. The minimum Gasteiger partial charge on any atom is -0.391 e. The molecule has 0 fully saturated rings. The minimum absolute atomic E-state index is 0.380. The Morgan fingerprint density at radius 3 is 2.54 bits per heavy atom. The molecule has 24 heavy (non-hydrogen) atoms. The number of nitrogens with zero attached hydrogens (tertiary/aromatic N) is 1. The second kappa shape index (κ2) is 9.58. The fraction of sp³-hybridized carbons (Fsp3) is 0.429. The molecule has 0 radical (unpaired) electrons. The molecule has 3 nitrogen and oxygen atoms in total. The number of benzene rings is 2. The van der Waals surface area contributed by atoms with Gasteiger partial charge in [0.1, 0.15) is 0 Å². The molecule has 0 bridgehead atoms. The van der Waals surface area contributed by atoms with E-state index in [0.29, 0.717) is 19.6 Å². The summed E-state index contributed by atoms with van der Waals surface area (Å²) < 4.78 is 5.24. The molecule has 0 aliphatic rings. The lowest BCUT2D eigenvalue weighted by atomic mass is 10.0. The van der Waals surface area contributed by atoms with E-state index in [1.54, 1.807) is 7.11 Å². The predicted molar refractivity (Wildman–Crippen MR) is 99.2 cm³/mol. The summed E-state index contributed by atoms with van der Waals surface area (Å²) in [5.74, 6) is 0. The summed E-state index contributed by atoms with van der Waals surface area (Å²) in [6.45, 7) is 7.23. The Morgan fingerprint density at radius 2 is 1.83 bits per heavy atom. The van der Waals surface area contributed by atoms with Gasteiger partial charge in [-0.25, -0.2) is 0 Å². The molecule has 0 saturated carbocycles. The third kappa shape index (κ3) is 6.08. The van der Waals surface area contributed by atoms with Crippen LogP contribution in [-0.2, 0) is 17.7 Å². The summed E-state index contributed by atoms with van der Waals surface area (Å²) in [6, 6.07) is 16.7. The second-order valence-corrected chi connectivity index (χ2v) is 6.50. The molecule has 0 heterocycles. The highest BCUT2D eigenvalue weighted by molar-refractivity contribution is 5.30. The van der Waals surface area contributed by atoms with Crippen molar-refractivity contribution in [2.75, 3.05) is 26.8 Å². The van der Waals surface area contributed by atoms with E-state index >= 15 is 0 Å². The summed E-state index contributed by atoms with van der Waals surface area (Å²) >= 11 is 0. The van der Waals surface area contributed by atoms with Crippen molar-refractivity contribution in [3.05, 3.63) is 70.8 Å². The van der Waals surface area contributed by atoms with Crippen LogP contribution in [0.2, 0.25) is 0 Å². The number of methoxy groups -OCH3 is 1. The zero-order valence-electron chi connectivity index (χ0n) is 15.0. The minimum atomic E-state index is -0.380. The Hall–Kier alpha value is -1.68. The highest BCUT2D eigenvalue weighted by atomic mass is 16.5. The van der Waals surface area contributed by atoms with Gasteiger partial charge >= 0.3 is 0 Å². The van der Waals surface area contributed by atoms with E-state index in [4.69, 9.17) is 4.74 Å². The maximum Gasteiger partial charge on any atom is 0.0707 e. The topological polar surface area (TPSA) is 32.7 Å². The van der Waals surface area contributed by atoms with Crippen LogP contribution in [-0.4, -0.2) is 42.9 Å². The lowest BCUT2D eigenvalue weighted by Crippen LogP contribution is -2.35. The maximum absolute atomic E-state index is 10.5. The van der Waals surface area contributed by atoms with Gasteiger partial charge in [-0.1, -0.05) is 54.1 Å². The SMILES string of the molecule is COCCN(Cc1cc(C)ccc1C)C[C@H](O)Cc1ccccc1. The standard InChI is InChI=1S/C21H29NO2/c1-17-9-10-18(2)20(13-17)15-22(11-12-24-3)16-21(23)14-19-7-5-4-6-8-19/h4-10,13,21,23H,11-12,14-16H2,1-3H3/t21-/m1/s1. The predicted octanol–water partition coefficient (Wildman–Crippen LogP) is 3.36. The molecule has 2 aromatic carbocycles. The fourth-order valence-electron chi connectivity index (χ4n) is 2.92. The molecule has 0 amide bonds. The van der Waals surface area contributed by atoms with E-state index in [-0.39, 0.29) is 6.10 Å². The molecule has 3 heteroatoms. The molecular weight excluding hydrogens is 298 g/mol. The van der Waals surface area contributed by atoms with Gasteiger partial charge in [-0.05, 0) is 37.0 Å². The fourth-order valence-corrected chi connectivity index (χ4v) is 2.92. The van der Waals surface area contributed by atoms with Gasteiger partial charge in [0.25, 0.3) is 0 Å². The Morgan fingerprint density at radius 1 is 1.08 bits per heavy atom. The monoisotopic (exact) mass is 327 g/mol. The van der Waals surface area contributed by atoms with Gasteiger partial charge in [-0.2, -0.15) is 0 Å². The van der Waals surface area contributed by atoms with Crippen LogP contribution in [0.15, 0.2) is 48.5 Å². The quantitative estimate of drug-likeness (QED) is 0.766. The van der Waals surface area contributed by atoms with Crippen LogP contribution in [0.5, 0.6) is 0 Å². The van der Waals surface area contributed by atoms with Crippen LogP contribution in [0.4, 0.5) is 0 Å². The van der Waals surface area contributed by atoms with Crippen molar-refractivity contribution in [2.24, 2.45) is 0 Å². The van der Waals surface area contributed by atoms with Crippen molar-refractivity contribution in [3.8, 4) is 0 Å². The number of ether oxygens (including phenoxy) is 1. The molecule has 0 aliphatic heterocycles. The zero-order valence-corrected chi connectivity index (χ0v) is 15.0. The third-order valence-electron chi connectivity index (χ3n) is 4.29. The lowest BCUT2D eigenvalue weighted by molar-refractivity contribution is 0.0850. The first-order valence-electron chi connectivity index (χ1n) is 8.58. The van der Waals surface area contributed by atoms with Crippen LogP contribution in [0, 0.1) is 13.8 Å². The smallest absolute Gasteiger partial charge is 0.0707 e. The molecular formula is C21H29NO2. The van der Waals surface area contributed by atoms with E-state index in [0.717, 1.165) is 13.1 Å². The average molecular weight is 327 g/mol. The molecule has 0 unspecified atom stereocenters. The van der Waals surface area contributed by atoms with Crippen molar-refractivity contribution in [2.45, 2.75) is 32.9 Å². The molecule has 0 saturated heterocycles. The molecule has 130 valence electrons. The van der Waals surface area contributed by atoms with Gasteiger partial charge in [-0.15, -0.1) is 0 Å². The summed E-state index contributed by atoms with van der Waals surface area (Å²) in [5.41, 5.74) is 5.05. The van der Waals surface area contributed by atoms with Crippen molar-refractivity contribution in [1.82, 2.24) is 4.90 Å². The molecule has 1 atom stereocenters. The van der Waals surface area contributed by atoms with Crippen molar-refractivity contribution >= 4 is 0 Å². The molecule has 2 aromatic rings. The molecule has 1 N–H and O–H groups in total. The molecule has 0 aliphatic carbocycles. The van der Waals surface area contributed by atoms with Gasteiger partial charge in [0, 0.05) is 26.7 Å². The molecule has 0 spiro atoms. The maximum atomic E-state index is 10.5. The van der Waals surface area contributed by atoms with Crippen molar-refractivity contribution in [3.63, 3.8) is 0 Å². The van der Waals surface area contributed by atoms with Crippen LogP contribution in [0.1, 0.15) is 22.3 Å². The largest absolute Gasteiger partial charge is 0.391 e. The van der Waals surface area contributed by atoms with E-state index in [2.05, 4.69) is 49.1 Å². The first kappa shape index (κ1) is 18.7. The van der Waals surface area contributed by atoms with E-state index in [1.807, 2.05) is 18.2 Å². The third-order valence-corrected chi connectivity index (χ3v) is 4.29. The van der Waals surface area contributed by atoms with E-state index in [1.165, 1.54) is 22.3 Å². The number of hydrogen-bond acceptors (Lipinski definition) is 3. The van der Waals surface area contributed by atoms with Crippen molar-refractivity contribution < 1.29 is 9.84 Å². The van der Waals surface area contributed by atoms with Crippen LogP contribution in [0.25, 0.3) is 0 Å². The second-order valence-electron chi connectivity index (χ2n) is 6.50. The van der Waals surface area contributed by atoms with Gasteiger partial charge in [0.15, 0.2) is 0 Å². The van der Waals surface area contributed by atoms with Crippen LogP contribution < -0.4 is 0 Å².